The fraction of sp³-hybridized carbons (Fsp3) is 0.259. The smallest absolute Gasteiger partial charge is 0.283 e. The molecule has 0 fully saturated rings. The van der Waals surface area contributed by atoms with Crippen LogP contribution in [-0.2, 0) is 17.6 Å². The number of hydrogen-bond acceptors (Lipinski definition) is 9. The lowest BCUT2D eigenvalue weighted by Crippen LogP contribution is -2.21. The first-order valence-electron chi connectivity index (χ1n) is 12.3. The molecule has 5 rings (SSSR count). The van der Waals surface area contributed by atoms with Gasteiger partial charge in [-0.2, -0.15) is 9.78 Å². The minimum atomic E-state index is -0.538. The number of ether oxygens (including phenoxy) is 2. The van der Waals surface area contributed by atoms with Gasteiger partial charge < -0.3 is 14.8 Å². The normalized spacial score (nSPS) is 12.9. The Morgan fingerprint density at radius 1 is 1.23 bits per heavy atom. The Hall–Kier alpha value is -4.58. The van der Waals surface area contributed by atoms with Crippen molar-refractivity contribution in [2.45, 2.75) is 32.6 Å². The van der Waals surface area contributed by atoms with Crippen LogP contribution in [0.15, 0.2) is 52.4 Å². The average Bonchev–Trinajstić information content (AvgIpc) is 3.30. The van der Waals surface area contributed by atoms with Gasteiger partial charge in [-0.05, 0) is 68.0 Å². The highest BCUT2D eigenvalue weighted by atomic mass is 32.1. The van der Waals surface area contributed by atoms with Crippen LogP contribution in [0.5, 0.6) is 11.5 Å². The number of amides is 1. The number of anilines is 1. The van der Waals surface area contributed by atoms with Crippen molar-refractivity contribution in [3.8, 4) is 11.5 Å². The van der Waals surface area contributed by atoms with Gasteiger partial charge >= 0.3 is 0 Å². The van der Waals surface area contributed by atoms with Crippen LogP contribution in [0.4, 0.5) is 11.4 Å². The van der Waals surface area contributed by atoms with Crippen LogP contribution >= 0.6 is 11.3 Å². The number of thiophene rings is 1. The zero-order valence-corrected chi connectivity index (χ0v) is 22.1. The van der Waals surface area contributed by atoms with Crippen LogP contribution in [0.3, 0.4) is 0 Å². The molecule has 39 heavy (non-hydrogen) atoms. The van der Waals surface area contributed by atoms with Crippen molar-refractivity contribution in [3.05, 3.63) is 84.8 Å². The number of carbonyl (C=O) groups excluding carboxylic acids is 1. The van der Waals surface area contributed by atoms with E-state index in [9.17, 15) is 19.7 Å². The SMILES string of the molecule is COc1cc(/C=N/n2c(C)nc3sc4c(c3c2=O)CCCC4)ccc1OCC(=O)Nc1cccc([N+](=O)[O-])c1. The second kappa shape index (κ2) is 11.0. The number of aromatic nitrogens is 2. The standard InChI is InChI=1S/C27H25N5O6S/c1-16-29-26-25(20-8-3-4-9-23(20)39-26)27(34)31(16)28-14-17-10-11-21(22(12-17)37-2)38-15-24(33)30-18-6-5-7-19(13-18)32(35)36/h5-7,10-14H,3-4,8-9,15H2,1-2H3,(H,30,33)/b28-14+. The number of nitrogens with one attached hydrogen (secondary N) is 1. The molecule has 11 nitrogen and oxygen atoms in total. The van der Waals surface area contributed by atoms with Gasteiger partial charge in [0.1, 0.15) is 10.7 Å². The van der Waals surface area contributed by atoms with Gasteiger partial charge in [-0.15, -0.1) is 11.3 Å². The van der Waals surface area contributed by atoms with E-state index in [-0.39, 0.29) is 23.5 Å². The molecule has 0 saturated heterocycles. The summed E-state index contributed by atoms with van der Waals surface area (Å²) in [6.45, 7) is 1.42. The molecule has 2 aromatic carbocycles. The van der Waals surface area contributed by atoms with Crippen LogP contribution in [0.25, 0.3) is 10.2 Å². The first-order chi connectivity index (χ1) is 18.8. The predicted molar refractivity (Wildman–Crippen MR) is 148 cm³/mol. The fourth-order valence-electron chi connectivity index (χ4n) is 4.48. The lowest BCUT2D eigenvalue weighted by molar-refractivity contribution is -0.384. The molecule has 0 spiro atoms. The van der Waals surface area contributed by atoms with Crippen molar-refractivity contribution < 1.29 is 19.2 Å². The molecule has 0 radical (unpaired) electrons. The Kier molecular flexibility index (Phi) is 7.37. The van der Waals surface area contributed by atoms with Crippen LogP contribution in [0.1, 0.15) is 34.7 Å². The van der Waals surface area contributed by atoms with Crippen molar-refractivity contribution >= 4 is 45.0 Å². The van der Waals surface area contributed by atoms with E-state index in [2.05, 4.69) is 15.4 Å². The maximum Gasteiger partial charge on any atom is 0.283 e. The lowest BCUT2D eigenvalue weighted by atomic mass is 9.97. The van der Waals surface area contributed by atoms with Gasteiger partial charge in [0.25, 0.3) is 17.2 Å². The zero-order valence-electron chi connectivity index (χ0n) is 21.3. The van der Waals surface area contributed by atoms with Gasteiger partial charge in [-0.1, -0.05) is 6.07 Å². The van der Waals surface area contributed by atoms with Crippen molar-refractivity contribution in [1.29, 1.82) is 0 Å². The Labute approximate surface area is 226 Å². The molecule has 200 valence electrons. The highest BCUT2D eigenvalue weighted by Crippen LogP contribution is 2.34. The highest BCUT2D eigenvalue weighted by Gasteiger charge is 2.21. The monoisotopic (exact) mass is 547 g/mol. The molecule has 1 aliphatic rings. The predicted octanol–water partition coefficient (Wildman–Crippen LogP) is 4.46. The molecular weight excluding hydrogens is 522 g/mol. The Morgan fingerprint density at radius 3 is 2.85 bits per heavy atom. The molecule has 0 bridgehead atoms. The van der Waals surface area contributed by atoms with Crippen LogP contribution < -0.4 is 20.3 Å². The van der Waals surface area contributed by atoms with Crippen molar-refractivity contribution in [3.63, 3.8) is 0 Å². The van der Waals surface area contributed by atoms with E-state index < -0.39 is 10.8 Å². The number of fused-ring (bicyclic) bond motifs is 3. The van der Waals surface area contributed by atoms with Crippen molar-refractivity contribution in [2.24, 2.45) is 5.10 Å². The summed E-state index contributed by atoms with van der Waals surface area (Å²) < 4.78 is 12.3. The summed E-state index contributed by atoms with van der Waals surface area (Å²) in [4.78, 5) is 42.7. The van der Waals surface area contributed by atoms with E-state index in [1.54, 1.807) is 48.7 Å². The maximum atomic E-state index is 13.3. The van der Waals surface area contributed by atoms with E-state index in [0.717, 1.165) is 36.1 Å². The van der Waals surface area contributed by atoms with Gasteiger partial charge in [0.15, 0.2) is 18.1 Å². The fourth-order valence-corrected chi connectivity index (χ4v) is 5.78. The van der Waals surface area contributed by atoms with Crippen molar-refractivity contribution in [1.82, 2.24) is 9.66 Å². The number of rotatable bonds is 8. The molecule has 0 atom stereocenters. The summed E-state index contributed by atoms with van der Waals surface area (Å²) in [6, 6.07) is 10.7. The molecule has 1 aliphatic carbocycles. The second-order valence-electron chi connectivity index (χ2n) is 8.97. The molecule has 2 aromatic heterocycles. The van der Waals surface area contributed by atoms with Crippen LogP contribution in [0, 0.1) is 17.0 Å². The molecule has 1 amide bonds. The molecule has 1 N–H and O–H groups in total. The third-order valence-corrected chi connectivity index (χ3v) is 7.52. The second-order valence-corrected chi connectivity index (χ2v) is 10.0. The first-order valence-corrected chi connectivity index (χ1v) is 13.1. The Bertz CT molecular complexity index is 1680. The van der Waals surface area contributed by atoms with Crippen molar-refractivity contribution in [2.75, 3.05) is 19.0 Å². The summed E-state index contributed by atoms with van der Waals surface area (Å²) in [5, 5.41) is 18.6. The highest BCUT2D eigenvalue weighted by molar-refractivity contribution is 7.18. The molecule has 0 saturated carbocycles. The lowest BCUT2D eigenvalue weighted by Gasteiger charge is -2.12. The summed E-state index contributed by atoms with van der Waals surface area (Å²) in [7, 11) is 1.47. The van der Waals surface area contributed by atoms with Gasteiger partial charge in [0.2, 0.25) is 0 Å². The van der Waals surface area contributed by atoms with E-state index in [4.69, 9.17) is 9.47 Å². The third-order valence-electron chi connectivity index (χ3n) is 6.34. The van der Waals surface area contributed by atoms with Crippen LogP contribution in [-0.4, -0.2) is 40.4 Å². The van der Waals surface area contributed by atoms with Gasteiger partial charge in [0.05, 0.1) is 23.6 Å². The summed E-state index contributed by atoms with van der Waals surface area (Å²) in [5.74, 6) is 0.706. The number of benzene rings is 2. The Balaban J connectivity index is 1.30. The van der Waals surface area contributed by atoms with E-state index >= 15 is 0 Å². The number of nitrogens with zero attached hydrogens (tertiary/aromatic N) is 4. The van der Waals surface area contributed by atoms with Gasteiger partial charge in [-0.3, -0.25) is 19.7 Å². The number of nitro benzene ring substituents is 1. The molecule has 2 heterocycles. The number of aryl methyl sites for hydroxylation is 3. The van der Waals surface area contributed by atoms with Gasteiger partial charge in [0, 0.05) is 22.7 Å². The minimum Gasteiger partial charge on any atom is -0.493 e. The molecule has 12 heteroatoms. The number of nitro groups is 1. The number of methoxy groups -OCH3 is 1. The summed E-state index contributed by atoms with van der Waals surface area (Å²) >= 11 is 1.60. The Morgan fingerprint density at radius 2 is 2.05 bits per heavy atom. The topological polar surface area (TPSA) is 138 Å². The average molecular weight is 548 g/mol. The summed E-state index contributed by atoms with van der Waals surface area (Å²) in [6.07, 6.45) is 5.63. The van der Waals surface area contributed by atoms with E-state index in [0.29, 0.717) is 28.3 Å². The number of carbonyl (C=O) groups is 1. The van der Waals surface area contributed by atoms with E-state index in [1.807, 2.05) is 0 Å². The number of non-ortho nitro benzene ring substituents is 1. The molecule has 0 unspecified atom stereocenters. The zero-order chi connectivity index (χ0) is 27.5. The first kappa shape index (κ1) is 26.0. The molecular formula is C27H25N5O6S. The third kappa shape index (κ3) is 5.50. The quantitative estimate of drug-likeness (QED) is 0.195. The van der Waals surface area contributed by atoms with E-state index in [1.165, 1.54) is 34.9 Å². The molecule has 0 aliphatic heterocycles. The maximum absolute atomic E-state index is 13.3. The molecule has 4 aromatic rings. The van der Waals surface area contributed by atoms with Crippen LogP contribution in [0.2, 0.25) is 0 Å². The number of hydrogen-bond donors (Lipinski definition) is 1. The largest absolute Gasteiger partial charge is 0.493 e. The van der Waals surface area contributed by atoms with Gasteiger partial charge in [-0.25, -0.2) is 4.98 Å². The minimum absolute atomic E-state index is 0.129. The summed E-state index contributed by atoms with van der Waals surface area (Å²) in [5.41, 5.74) is 1.75.